The average molecular weight is 146 g/mol. The molecule has 10 heavy (non-hydrogen) atoms. The Morgan fingerprint density at radius 3 is 2.60 bits per heavy atom. The zero-order chi connectivity index (χ0) is 7.98. The summed E-state index contributed by atoms with van der Waals surface area (Å²) in [5.41, 5.74) is 10.2. The SMILES string of the molecule is CCOC(CN)CC(N)=O. The van der Waals surface area contributed by atoms with Gasteiger partial charge in [-0.15, -0.1) is 0 Å². The molecule has 0 aromatic carbocycles. The summed E-state index contributed by atoms with van der Waals surface area (Å²) in [5.74, 6) is -0.371. The van der Waals surface area contributed by atoms with Crippen LogP contribution in [0.25, 0.3) is 0 Å². The second-order valence-corrected chi connectivity index (χ2v) is 1.98. The van der Waals surface area contributed by atoms with Gasteiger partial charge >= 0.3 is 0 Å². The van der Waals surface area contributed by atoms with Gasteiger partial charge in [-0.25, -0.2) is 0 Å². The molecule has 4 N–H and O–H groups in total. The molecule has 0 aliphatic carbocycles. The second kappa shape index (κ2) is 5.20. The quantitative estimate of drug-likeness (QED) is 0.534. The van der Waals surface area contributed by atoms with Crippen LogP contribution in [0.4, 0.5) is 0 Å². The average Bonchev–Trinajstić information content (AvgIpc) is 1.86. The van der Waals surface area contributed by atoms with E-state index in [-0.39, 0.29) is 18.4 Å². The van der Waals surface area contributed by atoms with Crippen molar-refractivity contribution in [3.8, 4) is 0 Å². The van der Waals surface area contributed by atoms with E-state index in [1.165, 1.54) is 0 Å². The summed E-state index contributed by atoms with van der Waals surface area (Å²) in [5, 5.41) is 0. The number of hydrogen-bond donors (Lipinski definition) is 2. The van der Waals surface area contributed by atoms with Crippen LogP contribution in [-0.2, 0) is 9.53 Å². The lowest BCUT2D eigenvalue weighted by Gasteiger charge is -2.11. The van der Waals surface area contributed by atoms with Gasteiger partial charge in [-0.2, -0.15) is 0 Å². The van der Waals surface area contributed by atoms with Crippen molar-refractivity contribution >= 4 is 5.91 Å². The van der Waals surface area contributed by atoms with Gasteiger partial charge in [-0.05, 0) is 6.92 Å². The lowest BCUT2D eigenvalue weighted by Crippen LogP contribution is -2.29. The van der Waals surface area contributed by atoms with Gasteiger partial charge in [0.1, 0.15) is 0 Å². The topological polar surface area (TPSA) is 78.3 Å². The van der Waals surface area contributed by atoms with E-state index in [0.29, 0.717) is 13.2 Å². The summed E-state index contributed by atoms with van der Waals surface area (Å²) < 4.78 is 5.08. The molecule has 0 spiro atoms. The van der Waals surface area contributed by atoms with E-state index in [2.05, 4.69) is 0 Å². The number of nitrogens with two attached hydrogens (primary N) is 2. The molecular formula is C6H14N2O2. The van der Waals surface area contributed by atoms with E-state index in [0.717, 1.165) is 0 Å². The molecule has 0 fully saturated rings. The van der Waals surface area contributed by atoms with E-state index in [1.54, 1.807) is 0 Å². The molecular weight excluding hydrogens is 132 g/mol. The summed E-state index contributed by atoms with van der Waals surface area (Å²) in [6, 6.07) is 0. The highest BCUT2D eigenvalue weighted by atomic mass is 16.5. The first-order chi connectivity index (χ1) is 4.70. The maximum absolute atomic E-state index is 10.3. The van der Waals surface area contributed by atoms with Gasteiger partial charge in [0.25, 0.3) is 0 Å². The maximum atomic E-state index is 10.3. The smallest absolute Gasteiger partial charge is 0.220 e. The molecule has 1 atom stereocenters. The first-order valence-electron chi connectivity index (χ1n) is 3.30. The Balaban J connectivity index is 3.49. The van der Waals surface area contributed by atoms with Crippen LogP contribution < -0.4 is 11.5 Å². The highest BCUT2D eigenvalue weighted by Crippen LogP contribution is 1.94. The predicted molar refractivity (Wildman–Crippen MR) is 38.3 cm³/mol. The number of hydrogen-bond acceptors (Lipinski definition) is 3. The number of amides is 1. The van der Waals surface area contributed by atoms with Gasteiger partial charge < -0.3 is 16.2 Å². The van der Waals surface area contributed by atoms with Crippen LogP contribution >= 0.6 is 0 Å². The van der Waals surface area contributed by atoms with E-state index in [9.17, 15) is 4.79 Å². The molecule has 4 heteroatoms. The van der Waals surface area contributed by atoms with Crippen molar-refractivity contribution in [2.24, 2.45) is 11.5 Å². The molecule has 4 nitrogen and oxygen atoms in total. The third kappa shape index (κ3) is 4.29. The maximum Gasteiger partial charge on any atom is 0.220 e. The number of carbonyl (C=O) groups is 1. The van der Waals surface area contributed by atoms with Crippen molar-refractivity contribution in [2.45, 2.75) is 19.4 Å². The standard InChI is InChI=1S/C6H14N2O2/c1-2-10-5(4-7)3-6(8)9/h5H,2-4,7H2,1H3,(H2,8,9). The molecule has 1 amide bonds. The minimum atomic E-state index is -0.371. The van der Waals surface area contributed by atoms with Gasteiger partial charge in [0, 0.05) is 13.2 Å². The molecule has 60 valence electrons. The van der Waals surface area contributed by atoms with Gasteiger partial charge in [0.15, 0.2) is 0 Å². The Morgan fingerprint density at radius 2 is 2.30 bits per heavy atom. The van der Waals surface area contributed by atoms with Crippen LogP contribution in [0.3, 0.4) is 0 Å². The zero-order valence-corrected chi connectivity index (χ0v) is 6.17. The van der Waals surface area contributed by atoms with Crippen LogP contribution in [-0.4, -0.2) is 25.2 Å². The molecule has 0 saturated heterocycles. The first-order valence-corrected chi connectivity index (χ1v) is 3.30. The molecule has 0 radical (unpaired) electrons. The van der Waals surface area contributed by atoms with Crippen molar-refractivity contribution in [3.05, 3.63) is 0 Å². The number of carbonyl (C=O) groups excluding carboxylic acids is 1. The van der Waals surface area contributed by atoms with E-state index < -0.39 is 0 Å². The Kier molecular flexibility index (Phi) is 4.88. The Labute approximate surface area is 60.5 Å². The molecule has 0 rings (SSSR count). The summed E-state index contributed by atoms with van der Waals surface area (Å²) >= 11 is 0. The minimum Gasteiger partial charge on any atom is -0.377 e. The van der Waals surface area contributed by atoms with Crippen molar-refractivity contribution in [2.75, 3.05) is 13.2 Å². The highest BCUT2D eigenvalue weighted by Gasteiger charge is 2.08. The summed E-state index contributed by atoms with van der Waals surface area (Å²) in [4.78, 5) is 10.3. The summed E-state index contributed by atoms with van der Waals surface area (Å²) in [7, 11) is 0. The van der Waals surface area contributed by atoms with E-state index >= 15 is 0 Å². The molecule has 0 aliphatic heterocycles. The van der Waals surface area contributed by atoms with Crippen LogP contribution in [0.15, 0.2) is 0 Å². The zero-order valence-electron chi connectivity index (χ0n) is 6.17. The minimum absolute atomic E-state index is 0.206. The molecule has 0 aromatic rings. The van der Waals surface area contributed by atoms with Crippen molar-refractivity contribution < 1.29 is 9.53 Å². The van der Waals surface area contributed by atoms with E-state index in [1.807, 2.05) is 6.92 Å². The Hall–Kier alpha value is -0.610. The van der Waals surface area contributed by atoms with Crippen LogP contribution in [0.5, 0.6) is 0 Å². The van der Waals surface area contributed by atoms with Crippen LogP contribution in [0.2, 0.25) is 0 Å². The van der Waals surface area contributed by atoms with Crippen LogP contribution in [0.1, 0.15) is 13.3 Å². The van der Waals surface area contributed by atoms with Gasteiger partial charge in [-0.3, -0.25) is 4.79 Å². The third-order valence-electron chi connectivity index (χ3n) is 1.09. The Morgan fingerprint density at radius 1 is 1.70 bits per heavy atom. The van der Waals surface area contributed by atoms with Crippen LogP contribution in [0, 0.1) is 0 Å². The molecule has 0 saturated carbocycles. The number of rotatable bonds is 5. The first kappa shape index (κ1) is 9.39. The Bertz CT molecular complexity index is 106. The molecule has 0 aromatic heterocycles. The fourth-order valence-electron chi connectivity index (χ4n) is 0.670. The lowest BCUT2D eigenvalue weighted by molar-refractivity contribution is -0.120. The van der Waals surface area contributed by atoms with Crippen molar-refractivity contribution in [1.29, 1.82) is 0 Å². The third-order valence-corrected chi connectivity index (χ3v) is 1.09. The highest BCUT2D eigenvalue weighted by molar-refractivity contribution is 5.74. The van der Waals surface area contributed by atoms with Gasteiger partial charge in [0.05, 0.1) is 12.5 Å². The largest absolute Gasteiger partial charge is 0.377 e. The summed E-state index contributed by atoms with van der Waals surface area (Å²) in [6.45, 7) is 2.76. The molecule has 1 unspecified atom stereocenters. The van der Waals surface area contributed by atoms with Gasteiger partial charge in [0.2, 0.25) is 5.91 Å². The molecule has 0 aliphatic rings. The van der Waals surface area contributed by atoms with E-state index in [4.69, 9.17) is 16.2 Å². The second-order valence-electron chi connectivity index (χ2n) is 1.98. The summed E-state index contributed by atoms with van der Waals surface area (Å²) in [6.07, 6.45) is 0.00662. The number of ether oxygens (including phenoxy) is 1. The fourth-order valence-corrected chi connectivity index (χ4v) is 0.670. The fraction of sp³-hybridized carbons (Fsp3) is 0.833. The monoisotopic (exact) mass is 146 g/mol. The number of primary amides is 1. The van der Waals surface area contributed by atoms with Crippen molar-refractivity contribution in [1.82, 2.24) is 0 Å². The lowest BCUT2D eigenvalue weighted by atomic mass is 10.2. The normalized spacial score (nSPS) is 13.0. The predicted octanol–water partition coefficient (Wildman–Crippen LogP) is -0.774. The van der Waals surface area contributed by atoms with Gasteiger partial charge in [-0.1, -0.05) is 0 Å². The molecule has 0 bridgehead atoms. The van der Waals surface area contributed by atoms with Crippen molar-refractivity contribution in [3.63, 3.8) is 0 Å². The molecule has 0 heterocycles.